The molecule has 2 rings (SSSR count). The van der Waals surface area contributed by atoms with Crippen molar-refractivity contribution in [2.45, 2.75) is 34.1 Å². The first-order chi connectivity index (χ1) is 8.99. The number of aromatic amines is 2. The van der Waals surface area contributed by atoms with Crippen LogP contribution < -0.4 is 0 Å². The van der Waals surface area contributed by atoms with Gasteiger partial charge in [-0.1, -0.05) is 13.2 Å². The second-order valence-corrected chi connectivity index (χ2v) is 5.12. The van der Waals surface area contributed by atoms with Gasteiger partial charge >= 0.3 is 0 Å². The summed E-state index contributed by atoms with van der Waals surface area (Å²) < 4.78 is 0. The zero-order chi connectivity index (χ0) is 14.2. The Labute approximate surface area is 115 Å². The maximum atomic E-state index is 3.85. The van der Waals surface area contributed by atoms with E-state index in [-0.39, 0.29) is 0 Å². The third-order valence-corrected chi connectivity index (χ3v) is 4.17. The molecule has 0 atom stereocenters. The lowest BCUT2D eigenvalue weighted by Crippen LogP contribution is -1.94. The van der Waals surface area contributed by atoms with Crippen LogP contribution in [0.5, 0.6) is 0 Å². The molecule has 0 aromatic carbocycles. The van der Waals surface area contributed by atoms with Crippen molar-refractivity contribution >= 4 is 12.2 Å². The molecule has 2 heteroatoms. The summed E-state index contributed by atoms with van der Waals surface area (Å²) in [4.78, 5) is 6.92. The molecule has 2 N–H and O–H groups in total. The predicted molar refractivity (Wildman–Crippen MR) is 83.5 cm³/mol. The Kier molecular flexibility index (Phi) is 3.52. The van der Waals surface area contributed by atoms with Crippen LogP contribution in [-0.2, 0) is 6.42 Å². The molecule has 0 aliphatic heterocycles. The molecule has 19 heavy (non-hydrogen) atoms. The van der Waals surface area contributed by atoms with Gasteiger partial charge in [0.25, 0.3) is 0 Å². The molecule has 2 heterocycles. The van der Waals surface area contributed by atoms with Crippen LogP contribution in [-0.4, -0.2) is 9.97 Å². The van der Waals surface area contributed by atoms with Crippen LogP contribution in [0.1, 0.15) is 45.0 Å². The molecule has 0 aliphatic carbocycles. The quantitative estimate of drug-likeness (QED) is 0.807. The molecule has 0 saturated carbocycles. The normalized spacial score (nSPS) is 10.7. The lowest BCUT2D eigenvalue weighted by Gasteiger charge is -2.01. The second-order valence-electron chi connectivity index (χ2n) is 5.12. The summed E-state index contributed by atoms with van der Waals surface area (Å²) in [5.74, 6) is 0. The van der Waals surface area contributed by atoms with Gasteiger partial charge in [0.05, 0.1) is 0 Å². The molecule has 0 amide bonds. The van der Waals surface area contributed by atoms with Crippen LogP contribution in [0, 0.1) is 27.7 Å². The van der Waals surface area contributed by atoms with Crippen LogP contribution in [0.2, 0.25) is 0 Å². The number of hydrogen-bond acceptors (Lipinski definition) is 0. The molecule has 0 fully saturated rings. The van der Waals surface area contributed by atoms with Gasteiger partial charge < -0.3 is 9.97 Å². The Morgan fingerprint density at radius 1 is 0.737 bits per heavy atom. The Morgan fingerprint density at radius 3 is 1.37 bits per heavy atom. The lowest BCUT2D eigenvalue weighted by molar-refractivity contribution is 1.02. The highest BCUT2D eigenvalue weighted by Crippen LogP contribution is 2.24. The van der Waals surface area contributed by atoms with Crippen molar-refractivity contribution in [3.63, 3.8) is 0 Å². The Balaban J connectivity index is 2.41. The van der Waals surface area contributed by atoms with E-state index in [0.29, 0.717) is 0 Å². The van der Waals surface area contributed by atoms with E-state index in [9.17, 15) is 0 Å². The molecule has 0 radical (unpaired) electrons. The SMILES string of the molecule is C=Cc1[nH]c(Cc2[nH]c(C=C)c(C)c2C)c(C)c1C. The fraction of sp³-hybridized carbons (Fsp3) is 0.294. The first kappa shape index (κ1) is 13.5. The average molecular weight is 254 g/mol. The van der Waals surface area contributed by atoms with E-state index in [1.807, 2.05) is 12.2 Å². The Hall–Kier alpha value is -1.96. The monoisotopic (exact) mass is 254 g/mol. The standard InChI is InChI=1S/C17H22N2/c1-7-14-10(3)12(5)16(18-14)9-17-13(6)11(4)15(8-2)19-17/h7-8,18-19H,1-2,9H2,3-6H3. The van der Waals surface area contributed by atoms with Crippen molar-refractivity contribution in [2.75, 3.05) is 0 Å². The van der Waals surface area contributed by atoms with E-state index in [4.69, 9.17) is 0 Å². The van der Waals surface area contributed by atoms with Gasteiger partial charge in [0.15, 0.2) is 0 Å². The van der Waals surface area contributed by atoms with E-state index in [1.165, 1.54) is 33.6 Å². The van der Waals surface area contributed by atoms with Crippen LogP contribution in [0.15, 0.2) is 13.2 Å². The zero-order valence-electron chi connectivity index (χ0n) is 12.3. The number of hydrogen-bond donors (Lipinski definition) is 2. The van der Waals surface area contributed by atoms with E-state index >= 15 is 0 Å². The van der Waals surface area contributed by atoms with Gasteiger partial charge in [-0.05, 0) is 62.1 Å². The minimum Gasteiger partial charge on any atom is -0.358 e. The zero-order valence-corrected chi connectivity index (χ0v) is 12.3. The minimum absolute atomic E-state index is 0.890. The molecular formula is C17H22N2. The lowest BCUT2D eigenvalue weighted by atomic mass is 10.1. The average Bonchev–Trinajstić information content (AvgIpc) is 2.83. The second kappa shape index (κ2) is 4.96. The molecule has 2 nitrogen and oxygen atoms in total. The van der Waals surface area contributed by atoms with Gasteiger partial charge in [0, 0.05) is 29.2 Å². The molecule has 0 saturated heterocycles. The maximum absolute atomic E-state index is 3.85. The Bertz CT molecular complexity index is 583. The molecule has 100 valence electrons. The largest absolute Gasteiger partial charge is 0.358 e. The van der Waals surface area contributed by atoms with Crippen molar-refractivity contribution in [2.24, 2.45) is 0 Å². The third-order valence-electron chi connectivity index (χ3n) is 4.17. The van der Waals surface area contributed by atoms with Gasteiger partial charge in [-0.2, -0.15) is 0 Å². The van der Waals surface area contributed by atoms with Gasteiger partial charge in [0.2, 0.25) is 0 Å². The van der Waals surface area contributed by atoms with Crippen molar-refractivity contribution < 1.29 is 0 Å². The van der Waals surface area contributed by atoms with E-state index < -0.39 is 0 Å². The van der Waals surface area contributed by atoms with Gasteiger partial charge in [-0.15, -0.1) is 0 Å². The first-order valence-electron chi connectivity index (χ1n) is 6.60. The van der Waals surface area contributed by atoms with Crippen LogP contribution in [0.3, 0.4) is 0 Å². The highest BCUT2D eigenvalue weighted by Gasteiger charge is 2.13. The van der Waals surface area contributed by atoms with Crippen LogP contribution in [0.25, 0.3) is 12.2 Å². The Morgan fingerprint density at radius 2 is 1.11 bits per heavy atom. The summed E-state index contributed by atoms with van der Waals surface area (Å²) in [5.41, 5.74) is 9.97. The predicted octanol–water partition coefficient (Wildman–Crippen LogP) is 4.45. The molecular weight excluding hydrogens is 232 g/mol. The minimum atomic E-state index is 0.890. The number of nitrogens with one attached hydrogen (secondary N) is 2. The van der Waals surface area contributed by atoms with Crippen LogP contribution in [0.4, 0.5) is 0 Å². The smallest absolute Gasteiger partial charge is 0.0409 e. The fourth-order valence-electron chi connectivity index (χ4n) is 2.50. The molecule has 2 aromatic rings. The molecule has 0 aliphatic rings. The molecule has 0 unspecified atom stereocenters. The van der Waals surface area contributed by atoms with Crippen molar-refractivity contribution in [1.29, 1.82) is 0 Å². The summed E-state index contributed by atoms with van der Waals surface area (Å²) in [6, 6.07) is 0. The van der Waals surface area contributed by atoms with Crippen molar-refractivity contribution in [3.8, 4) is 0 Å². The number of H-pyrrole nitrogens is 2. The van der Waals surface area contributed by atoms with E-state index in [2.05, 4.69) is 50.8 Å². The van der Waals surface area contributed by atoms with Gasteiger partial charge in [0.1, 0.15) is 0 Å². The summed E-state index contributed by atoms with van der Waals surface area (Å²) >= 11 is 0. The number of aromatic nitrogens is 2. The highest BCUT2D eigenvalue weighted by molar-refractivity contribution is 5.55. The summed E-state index contributed by atoms with van der Waals surface area (Å²) in [6.45, 7) is 16.3. The summed E-state index contributed by atoms with van der Waals surface area (Å²) in [6.07, 6.45) is 4.66. The topological polar surface area (TPSA) is 31.6 Å². The number of rotatable bonds is 4. The molecule has 0 spiro atoms. The van der Waals surface area contributed by atoms with Gasteiger partial charge in [-0.3, -0.25) is 0 Å². The van der Waals surface area contributed by atoms with Crippen molar-refractivity contribution in [3.05, 3.63) is 58.2 Å². The summed E-state index contributed by atoms with van der Waals surface area (Å²) in [5, 5.41) is 0. The van der Waals surface area contributed by atoms with Gasteiger partial charge in [-0.25, -0.2) is 0 Å². The fourth-order valence-corrected chi connectivity index (χ4v) is 2.50. The maximum Gasteiger partial charge on any atom is 0.0409 e. The third kappa shape index (κ3) is 2.19. The van der Waals surface area contributed by atoms with E-state index in [0.717, 1.165) is 17.8 Å². The first-order valence-corrected chi connectivity index (χ1v) is 6.60. The molecule has 2 aromatic heterocycles. The summed E-state index contributed by atoms with van der Waals surface area (Å²) in [7, 11) is 0. The molecule has 0 bridgehead atoms. The van der Waals surface area contributed by atoms with Crippen molar-refractivity contribution in [1.82, 2.24) is 9.97 Å². The van der Waals surface area contributed by atoms with Crippen LogP contribution >= 0.6 is 0 Å². The highest BCUT2D eigenvalue weighted by atomic mass is 14.8. The van der Waals surface area contributed by atoms with E-state index in [1.54, 1.807) is 0 Å².